The first-order valence-corrected chi connectivity index (χ1v) is 12.2. The maximum atomic E-state index is 13.4. The smallest absolute Gasteiger partial charge is 0.329 e. The summed E-state index contributed by atoms with van der Waals surface area (Å²) in [6.45, 7) is -0.478. The van der Waals surface area contributed by atoms with Crippen molar-refractivity contribution < 1.29 is 23.5 Å². The highest BCUT2D eigenvalue weighted by Gasteiger charge is 2.30. The Hall–Kier alpha value is -4.30. The minimum atomic E-state index is -1.01. The fourth-order valence-electron chi connectivity index (χ4n) is 3.95. The van der Waals surface area contributed by atoms with Crippen LogP contribution in [0, 0.1) is 0 Å². The van der Waals surface area contributed by atoms with Crippen LogP contribution in [-0.2, 0) is 20.7 Å². The third kappa shape index (κ3) is 5.04. The van der Waals surface area contributed by atoms with Gasteiger partial charge in [-0.3, -0.25) is 14.5 Å². The first-order chi connectivity index (χ1) is 17.6. The molecule has 1 N–H and O–H groups in total. The van der Waals surface area contributed by atoms with Crippen molar-refractivity contribution in [3.63, 3.8) is 0 Å². The third-order valence-electron chi connectivity index (χ3n) is 5.64. The van der Waals surface area contributed by atoms with Gasteiger partial charge in [0.2, 0.25) is 0 Å². The van der Waals surface area contributed by atoms with Crippen LogP contribution in [0.15, 0.2) is 111 Å². The van der Waals surface area contributed by atoms with Gasteiger partial charge in [-0.2, -0.15) is 0 Å². The van der Waals surface area contributed by atoms with Crippen molar-refractivity contribution >= 4 is 40.9 Å². The second kappa shape index (κ2) is 10.5. The van der Waals surface area contributed by atoms with Crippen molar-refractivity contribution in [1.82, 2.24) is 5.32 Å². The predicted molar refractivity (Wildman–Crippen MR) is 135 cm³/mol. The Kier molecular flexibility index (Phi) is 6.86. The van der Waals surface area contributed by atoms with Crippen LogP contribution in [0.3, 0.4) is 0 Å². The van der Waals surface area contributed by atoms with E-state index < -0.39 is 24.5 Å². The molecule has 36 heavy (non-hydrogen) atoms. The van der Waals surface area contributed by atoms with Gasteiger partial charge in [0, 0.05) is 16.2 Å². The number of carbonyl (C=O) groups excluding carboxylic acids is 3. The van der Waals surface area contributed by atoms with E-state index in [4.69, 9.17) is 9.15 Å². The molecule has 2 amide bonds. The van der Waals surface area contributed by atoms with Gasteiger partial charge in [0.05, 0.1) is 17.6 Å². The molecule has 8 heteroatoms. The average Bonchev–Trinajstić information content (AvgIpc) is 3.46. The summed E-state index contributed by atoms with van der Waals surface area (Å²) in [7, 11) is 0. The Labute approximate surface area is 212 Å². The van der Waals surface area contributed by atoms with Crippen molar-refractivity contribution in [2.45, 2.75) is 22.3 Å². The number of para-hydroxylation sites is 2. The normalized spacial score (nSPS) is 12.7. The molecule has 4 aromatic rings. The highest BCUT2D eigenvalue weighted by atomic mass is 32.2. The number of ether oxygens (including phenoxy) is 1. The second-order valence-electron chi connectivity index (χ2n) is 8.07. The number of nitrogens with one attached hydrogen (secondary N) is 1. The van der Waals surface area contributed by atoms with Gasteiger partial charge >= 0.3 is 5.97 Å². The lowest BCUT2D eigenvalue weighted by molar-refractivity contribution is -0.149. The molecule has 0 saturated heterocycles. The van der Waals surface area contributed by atoms with Crippen molar-refractivity contribution in [3.05, 3.63) is 109 Å². The zero-order valence-electron chi connectivity index (χ0n) is 19.1. The van der Waals surface area contributed by atoms with E-state index in [2.05, 4.69) is 5.32 Å². The van der Waals surface area contributed by atoms with Gasteiger partial charge in [-0.15, -0.1) is 0 Å². The Morgan fingerprint density at radius 3 is 2.11 bits per heavy atom. The Bertz CT molecular complexity index is 1340. The van der Waals surface area contributed by atoms with E-state index in [-0.39, 0.29) is 18.1 Å². The number of anilines is 2. The van der Waals surface area contributed by atoms with Crippen molar-refractivity contribution in [2.24, 2.45) is 0 Å². The summed E-state index contributed by atoms with van der Waals surface area (Å²) in [5.41, 5.74) is 2.30. The van der Waals surface area contributed by atoms with E-state index in [1.54, 1.807) is 22.7 Å². The quantitative estimate of drug-likeness (QED) is 0.361. The molecule has 0 radical (unpaired) electrons. The molecule has 1 aliphatic heterocycles. The van der Waals surface area contributed by atoms with Crippen LogP contribution in [0.25, 0.3) is 0 Å². The maximum Gasteiger partial charge on any atom is 0.329 e. The molecule has 0 saturated carbocycles. The second-order valence-corrected chi connectivity index (χ2v) is 9.15. The van der Waals surface area contributed by atoms with Crippen LogP contribution in [-0.4, -0.2) is 30.4 Å². The van der Waals surface area contributed by atoms with E-state index in [0.717, 1.165) is 26.7 Å². The minimum Gasteiger partial charge on any atom is -0.459 e. The molecular weight excluding hydrogens is 476 g/mol. The number of carbonyl (C=O) groups is 3. The number of esters is 1. The largest absolute Gasteiger partial charge is 0.459 e. The molecular formula is C28H22N2O5S. The van der Waals surface area contributed by atoms with Gasteiger partial charge in [0.25, 0.3) is 11.8 Å². The molecule has 7 nitrogen and oxygen atoms in total. The number of hydrogen-bond donors (Lipinski definition) is 1. The summed E-state index contributed by atoms with van der Waals surface area (Å²) >= 11 is 1.58. The lowest BCUT2D eigenvalue weighted by Gasteiger charge is -2.31. The molecule has 0 spiro atoms. The van der Waals surface area contributed by atoms with Crippen LogP contribution in [0.1, 0.15) is 16.1 Å². The number of amides is 2. The third-order valence-corrected chi connectivity index (χ3v) is 6.77. The van der Waals surface area contributed by atoms with Crippen LogP contribution in [0.4, 0.5) is 11.4 Å². The number of benzene rings is 3. The predicted octanol–water partition coefficient (Wildman–Crippen LogP) is 4.99. The molecule has 1 aromatic heterocycles. The van der Waals surface area contributed by atoms with Gasteiger partial charge in [0.15, 0.2) is 12.4 Å². The molecule has 5 rings (SSSR count). The van der Waals surface area contributed by atoms with Gasteiger partial charge in [0.1, 0.15) is 6.04 Å². The number of hydrogen-bond acceptors (Lipinski definition) is 6. The fraction of sp³-hybridized carbons (Fsp3) is 0.107. The van der Waals surface area contributed by atoms with E-state index >= 15 is 0 Å². The molecule has 180 valence electrons. The van der Waals surface area contributed by atoms with Crippen LogP contribution < -0.4 is 10.2 Å². The van der Waals surface area contributed by atoms with Crippen molar-refractivity contribution in [3.8, 4) is 0 Å². The zero-order chi connectivity index (χ0) is 24.9. The highest BCUT2D eigenvalue weighted by Crippen LogP contribution is 2.47. The van der Waals surface area contributed by atoms with Gasteiger partial charge in [-0.05, 0) is 42.0 Å². The summed E-state index contributed by atoms with van der Waals surface area (Å²) in [6, 6.07) is 26.5. The number of furan rings is 1. The molecule has 1 aliphatic rings. The van der Waals surface area contributed by atoms with Crippen LogP contribution in [0.2, 0.25) is 0 Å². The van der Waals surface area contributed by atoms with Crippen molar-refractivity contribution in [1.29, 1.82) is 0 Å². The maximum absolute atomic E-state index is 13.4. The first kappa shape index (κ1) is 23.4. The van der Waals surface area contributed by atoms with Crippen LogP contribution in [0.5, 0.6) is 0 Å². The van der Waals surface area contributed by atoms with Gasteiger partial charge in [-0.1, -0.05) is 66.4 Å². The van der Waals surface area contributed by atoms with Crippen LogP contribution >= 0.6 is 11.8 Å². The molecule has 2 heterocycles. The number of nitrogens with zero attached hydrogens (tertiary/aromatic N) is 1. The molecule has 1 atom stereocenters. The summed E-state index contributed by atoms with van der Waals surface area (Å²) in [6.07, 6.45) is 1.58. The monoisotopic (exact) mass is 498 g/mol. The Morgan fingerprint density at radius 2 is 1.47 bits per heavy atom. The summed E-state index contributed by atoms with van der Waals surface area (Å²) in [5.74, 6) is -1.56. The van der Waals surface area contributed by atoms with Gasteiger partial charge < -0.3 is 14.5 Å². The molecule has 0 unspecified atom stereocenters. The first-order valence-electron chi connectivity index (χ1n) is 11.3. The number of fused-ring (bicyclic) bond motifs is 2. The lowest BCUT2D eigenvalue weighted by atomic mass is 10.1. The summed E-state index contributed by atoms with van der Waals surface area (Å²) < 4.78 is 10.6. The lowest BCUT2D eigenvalue weighted by Crippen LogP contribution is -2.44. The highest BCUT2D eigenvalue weighted by molar-refractivity contribution is 7.99. The van der Waals surface area contributed by atoms with E-state index in [1.165, 1.54) is 12.3 Å². The standard InChI is InChI=1S/C28H22N2O5S/c31-26(30-21-11-4-6-14-24(21)36-25-15-7-5-12-22(25)30)18-35-28(33)20(17-19-9-2-1-3-10-19)29-27(32)23-13-8-16-34-23/h1-16,20H,17-18H2,(H,29,32)/t20-/m0/s1. The Balaban J connectivity index is 1.33. The summed E-state index contributed by atoms with van der Waals surface area (Å²) in [5, 5.41) is 2.67. The summed E-state index contributed by atoms with van der Waals surface area (Å²) in [4.78, 5) is 42.5. The molecule has 3 aromatic carbocycles. The average molecular weight is 499 g/mol. The van der Waals surface area contributed by atoms with E-state index in [9.17, 15) is 14.4 Å². The minimum absolute atomic E-state index is 0.0796. The molecule has 0 aliphatic carbocycles. The molecule has 0 fully saturated rings. The van der Waals surface area contributed by atoms with E-state index in [1.807, 2.05) is 78.9 Å². The zero-order valence-corrected chi connectivity index (χ0v) is 19.9. The SMILES string of the molecule is O=C(N[C@@H](Cc1ccccc1)C(=O)OCC(=O)N1c2ccccc2Sc2ccccc21)c1ccco1. The van der Waals surface area contributed by atoms with Crippen molar-refractivity contribution in [2.75, 3.05) is 11.5 Å². The van der Waals surface area contributed by atoms with E-state index in [0.29, 0.717) is 0 Å². The van der Waals surface area contributed by atoms with Gasteiger partial charge in [-0.25, -0.2) is 4.79 Å². The topological polar surface area (TPSA) is 88.8 Å². The fourth-order valence-corrected chi connectivity index (χ4v) is 5.01. The molecule has 0 bridgehead atoms. The Morgan fingerprint density at radius 1 is 0.833 bits per heavy atom. The number of rotatable bonds is 7.